The zero-order chi connectivity index (χ0) is 30.9. The third-order valence-corrected chi connectivity index (χ3v) is 10.7. The molecule has 2 aromatic rings. The van der Waals surface area contributed by atoms with Crippen LogP contribution in [0.4, 0.5) is 5.13 Å². The molecule has 0 spiro atoms. The van der Waals surface area contributed by atoms with Crippen LogP contribution in [0.25, 0.3) is 11.3 Å². The van der Waals surface area contributed by atoms with Crippen LogP contribution in [0.5, 0.6) is 0 Å². The SMILES string of the molecule is COC(=O)[C@H](CCSC)NC(=O)C1(NC(=O)c2ccc(-c3csc(N4CCC(N5CCOCC5)CC4)n3)cc2)CCCCC1. The molecule has 2 amide bonds. The molecule has 0 radical (unpaired) electrons. The van der Waals surface area contributed by atoms with Gasteiger partial charge in [-0.15, -0.1) is 11.3 Å². The molecule has 1 atom stereocenters. The van der Waals surface area contributed by atoms with Crippen molar-refractivity contribution in [2.75, 3.05) is 63.4 Å². The molecule has 44 heavy (non-hydrogen) atoms. The maximum absolute atomic E-state index is 13.6. The van der Waals surface area contributed by atoms with Gasteiger partial charge >= 0.3 is 5.97 Å². The van der Waals surface area contributed by atoms with Gasteiger partial charge in [-0.1, -0.05) is 31.4 Å². The minimum absolute atomic E-state index is 0.297. The van der Waals surface area contributed by atoms with E-state index in [1.807, 2.05) is 18.4 Å². The van der Waals surface area contributed by atoms with Crippen molar-refractivity contribution in [3.8, 4) is 11.3 Å². The number of methoxy groups -OCH3 is 1. The summed E-state index contributed by atoms with van der Waals surface area (Å²) < 4.78 is 10.4. The lowest BCUT2D eigenvalue weighted by Gasteiger charge is -2.40. The number of thioether (sulfide) groups is 1. The zero-order valence-electron chi connectivity index (χ0n) is 25.8. The third-order valence-electron chi connectivity index (χ3n) is 9.13. The smallest absolute Gasteiger partial charge is 0.328 e. The van der Waals surface area contributed by atoms with Crippen molar-refractivity contribution in [1.82, 2.24) is 20.5 Å². The molecule has 1 saturated carbocycles. The number of esters is 1. The summed E-state index contributed by atoms with van der Waals surface area (Å²) in [6.07, 6.45) is 8.43. The molecule has 0 bridgehead atoms. The van der Waals surface area contributed by atoms with Crippen LogP contribution in [-0.2, 0) is 19.1 Å². The van der Waals surface area contributed by atoms with E-state index in [4.69, 9.17) is 14.5 Å². The van der Waals surface area contributed by atoms with Crippen LogP contribution in [0.1, 0.15) is 61.7 Å². The highest BCUT2D eigenvalue weighted by Gasteiger charge is 2.42. The van der Waals surface area contributed by atoms with Gasteiger partial charge in [0, 0.05) is 48.7 Å². The lowest BCUT2D eigenvalue weighted by molar-refractivity contribution is -0.146. The molecule has 12 heteroatoms. The fraction of sp³-hybridized carbons (Fsp3) is 0.625. The Labute approximate surface area is 268 Å². The van der Waals surface area contributed by atoms with E-state index >= 15 is 0 Å². The van der Waals surface area contributed by atoms with Crippen molar-refractivity contribution in [3.05, 3.63) is 35.2 Å². The number of rotatable bonds is 11. The number of ether oxygens (including phenoxy) is 2. The molecular formula is C32H45N5O5S2. The lowest BCUT2D eigenvalue weighted by Crippen LogP contribution is -2.62. The molecule has 3 fully saturated rings. The minimum Gasteiger partial charge on any atom is -0.467 e. The summed E-state index contributed by atoms with van der Waals surface area (Å²) in [4.78, 5) is 49.3. The van der Waals surface area contributed by atoms with Gasteiger partial charge in [0.05, 0.1) is 26.0 Å². The first-order valence-electron chi connectivity index (χ1n) is 15.8. The number of nitrogens with zero attached hydrogens (tertiary/aromatic N) is 3. The molecule has 1 aromatic carbocycles. The Hall–Kier alpha value is -2.67. The van der Waals surface area contributed by atoms with E-state index in [9.17, 15) is 14.4 Å². The number of carbonyl (C=O) groups excluding carboxylic acids is 3. The average molecular weight is 644 g/mol. The van der Waals surface area contributed by atoms with E-state index in [2.05, 4.69) is 25.8 Å². The normalized spacial score (nSPS) is 20.1. The van der Waals surface area contributed by atoms with Gasteiger partial charge in [-0.05, 0) is 56.2 Å². The number of hydrogen-bond donors (Lipinski definition) is 2. The predicted octanol–water partition coefficient (Wildman–Crippen LogP) is 3.95. The Morgan fingerprint density at radius 1 is 1.09 bits per heavy atom. The van der Waals surface area contributed by atoms with Crippen LogP contribution in [0.3, 0.4) is 0 Å². The van der Waals surface area contributed by atoms with Gasteiger partial charge < -0.3 is 25.0 Å². The van der Waals surface area contributed by atoms with Crippen molar-refractivity contribution in [3.63, 3.8) is 0 Å². The topological polar surface area (TPSA) is 113 Å². The maximum atomic E-state index is 13.6. The van der Waals surface area contributed by atoms with Crippen LogP contribution in [-0.4, -0.2) is 104 Å². The molecular weight excluding hydrogens is 599 g/mol. The molecule has 2 aliphatic heterocycles. The summed E-state index contributed by atoms with van der Waals surface area (Å²) in [5.41, 5.74) is 1.28. The third kappa shape index (κ3) is 7.94. The maximum Gasteiger partial charge on any atom is 0.328 e. The van der Waals surface area contributed by atoms with E-state index in [1.165, 1.54) is 7.11 Å². The summed E-state index contributed by atoms with van der Waals surface area (Å²) in [7, 11) is 1.32. The van der Waals surface area contributed by atoms with Crippen molar-refractivity contribution in [2.45, 2.75) is 69.0 Å². The van der Waals surface area contributed by atoms with E-state index in [0.29, 0.717) is 36.6 Å². The number of piperidine rings is 1. The largest absolute Gasteiger partial charge is 0.467 e. The molecule has 1 aromatic heterocycles. The van der Waals surface area contributed by atoms with Gasteiger partial charge in [-0.2, -0.15) is 11.8 Å². The molecule has 3 aliphatic rings. The summed E-state index contributed by atoms with van der Waals surface area (Å²) in [5, 5.41) is 9.07. The molecule has 240 valence electrons. The Balaban J connectivity index is 1.20. The molecule has 2 saturated heterocycles. The highest BCUT2D eigenvalue weighted by Crippen LogP contribution is 2.32. The Morgan fingerprint density at radius 2 is 1.80 bits per heavy atom. The standard InChI is InChI=1S/C32H45N5O5S2/c1-41-29(39)26(12-21-43-2)33-30(40)32(13-4-3-5-14-32)35-28(38)24-8-6-23(7-9-24)27-22-44-31(34-27)37-15-10-25(11-16-37)36-17-19-42-20-18-36/h6-9,22,25-26H,3-5,10-21H2,1-2H3,(H,33,40)(H,35,38)/t26-/m0/s1. The first-order valence-corrected chi connectivity index (χ1v) is 18.0. The molecule has 10 nitrogen and oxygen atoms in total. The quantitative estimate of drug-likeness (QED) is 0.352. The minimum atomic E-state index is -1.06. The second-order valence-corrected chi connectivity index (χ2v) is 13.7. The summed E-state index contributed by atoms with van der Waals surface area (Å²) in [5.74, 6) is -0.375. The van der Waals surface area contributed by atoms with Gasteiger partial charge in [0.2, 0.25) is 5.91 Å². The second-order valence-electron chi connectivity index (χ2n) is 11.9. The first kappa shape index (κ1) is 32.7. The molecule has 3 heterocycles. The molecule has 1 aliphatic carbocycles. The number of nitrogens with one attached hydrogen (secondary N) is 2. The average Bonchev–Trinajstić information content (AvgIpc) is 3.57. The summed E-state index contributed by atoms with van der Waals surface area (Å²) in [6, 6.07) is 7.31. The van der Waals surface area contributed by atoms with Crippen molar-refractivity contribution >= 4 is 46.0 Å². The van der Waals surface area contributed by atoms with E-state index in [-0.39, 0.29) is 11.8 Å². The number of carbonyl (C=O) groups is 3. The summed E-state index contributed by atoms with van der Waals surface area (Å²) >= 11 is 3.26. The Bertz CT molecular complexity index is 1250. The van der Waals surface area contributed by atoms with Gasteiger partial charge in [0.25, 0.3) is 5.91 Å². The number of amides is 2. The van der Waals surface area contributed by atoms with Crippen molar-refractivity contribution in [2.24, 2.45) is 0 Å². The fourth-order valence-electron chi connectivity index (χ4n) is 6.48. The number of morpholine rings is 1. The van der Waals surface area contributed by atoms with E-state index in [1.54, 1.807) is 35.2 Å². The van der Waals surface area contributed by atoms with Crippen molar-refractivity contribution in [1.29, 1.82) is 0 Å². The predicted molar refractivity (Wildman–Crippen MR) is 175 cm³/mol. The first-order chi connectivity index (χ1) is 21.4. The Morgan fingerprint density at radius 3 is 2.45 bits per heavy atom. The van der Waals surface area contributed by atoms with E-state index < -0.39 is 17.6 Å². The van der Waals surface area contributed by atoms with Crippen LogP contribution >= 0.6 is 23.1 Å². The summed E-state index contributed by atoms with van der Waals surface area (Å²) in [6.45, 7) is 5.74. The number of benzene rings is 1. The van der Waals surface area contributed by atoms with Gasteiger partial charge in [-0.3, -0.25) is 14.5 Å². The monoisotopic (exact) mass is 643 g/mol. The molecule has 5 rings (SSSR count). The molecule has 0 unspecified atom stereocenters. The van der Waals surface area contributed by atoms with E-state index in [0.717, 1.165) is 87.9 Å². The molecule has 2 N–H and O–H groups in total. The van der Waals surface area contributed by atoms with Crippen LogP contribution in [0, 0.1) is 0 Å². The lowest BCUT2D eigenvalue weighted by atomic mass is 9.80. The Kier molecular flexibility index (Phi) is 11.6. The van der Waals surface area contributed by atoms with Crippen LogP contribution in [0.15, 0.2) is 29.6 Å². The highest BCUT2D eigenvalue weighted by atomic mass is 32.2. The van der Waals surface area contributed by atoms with Crippen LogP contribution in [0.2, 0.25) is 0 Å². The number of thiazole rings is 1. The zero-order valence-corrected chi connectivity index (χ0v) is 27.5. The highest BCUT2D eigenvalue weighted by molar-refractivity contribution is 7.98. The van der Waals surface area contributed by atoms with Gasteiger partial charge in [0.15, 0.2) is 5.13 Å². The number of anilines is 1. The second kappa shape index (κ2) is 15.6. The van der Waals surface area contributed by atoms with Gasteiger partial charge in [-0.25, -0.2) is 9.78 Å². The fourth-order valence-corrected chi connectivity index (χ4v) is 7.84. The number of hydrogen-bond acceptors (Lipinski definition) is 10. The number of aromatic nitrogens is 1. The van der Waals surface area contributed by atoms with Crippen molar-refractivity contribution < 1.29 is 23.9 Å². The van der Waals surface area contributed by atoms with Crippen LogP contribution < -0.4 is 15.5 Å². The van der Waals surface area contributed by atoms with Gasteiger partial charge in [0.1, 0.15) is 11.6 Å².